The third-order valence-electron chi connectivity index (χ3n) is 0.898. The number of methoxy groups -OCH3 is 1. The fourth-order valence-electron chi connectivity index (χ4n) is 0.484. The second-order valence-electron chi connectivity index (χ2n) is 1.61. The zero-order valence-electron chi connectivity index (χ0n) is 5.16. The Labute approximate surface area is 53.7 Å². The van der Waals surface area contributed by atoms with Gasteiger partial charge in [0.25, 0.3) is 0 Å². The van der Waals surface area contributed by atoms with Crippen LogP contribution in [0.15, 0.2) is 12.3 Å². The lowest BCUT2D eigenvalue weighted by atomic mass is 10.3. The van der Waals surface area contributed by atoms with Crippen molar-refractivity contribution in [1.82, 2.24) is 10.2 Å². The maximum absolute atomic E-state index is 4.78. The lowest BCUT2D eigenvalue weighted by molar-refractivity contribution is 0.391. The predicted octanol–water partition coefficient (Wildman–Crippen LogP) is 0.667. The van der Waals surface area contributed by atoms with Gasteiger partial charge < -0.3 is 4.74 Å². The van der Waals surface area contributed by atoms with Crippen LogP contribution in [0.25, 0.3) is 0 Å². The Hall–Kier alpha value is -1.12. The minimum Gasteiger partial charge on any atom is -0.480 e. The molecule has 1 radical (unpaired) electrons. The highest BCUT2D eigenvalue weighted by molar-refractivity contribution is 5.18. The zero-order chi connectivity index (χ0) is 6.69. The van der Waals surface area contributed by atoms with Crippen LogP contribution in [0.4, 0.5) is 0 Å². The number of ether oxygens (including phenoxy) is 1. The molecule has 0 amide bonds. The first-order valence-corrected chi connectivity index (χ1v) is 2.51. The van der Waals surface area contributed by atoms with Crippen molar-refractivity contribution in [3.05, 3.63) is 24.8 Å². The van der Waals surface area contributed by atoms with Gasteiger partial charge in [-0.15, -0.1) is 5.10 Å². The van der Waals surface area contributed by atoms with E-state index in [0.717, 1.165) is 5.56 Å². The van der Waals surface area contributed by atoms with Crippen molar-refractivity contribution in [2.45, 2.75) is 0 Å². The summed E-state index contributed by atoms with van der Waals surface area (Å²) in [7, 11) is 1.55. The Kier molecular flexibility index (Phi) is 1.63. The molecule has 0 saturated carbocycles. The molecule has 1 aromatic heterocycles. The molecule has 0 aliphatic heterocycles. The van der Waals surface area contributed by atoms with Crippen molar-refractivity contribution in [2.24, 2.45) is 0 Å². The third-order valence-corrected chi connectivity index (χ3v) is 0.898. The highest BCUT2D eigenvalue weighted by Crippen LogP contribution is 2.03. The van der Waals surface area contributed by atoms with E-state index in [1.165, 1.54) is 0 Å². The van der Waals surface area contributed by atoms with E-state index in [-0.39, 0.29) is 0 Å². The second-order valence-corrected chi connectivity index (χ2v) is 1.61. The van der Waals surface area contributed by atoms with Crippen LogP contribution in [0.1, 0.15) is 5.56 Å². The lowest BCUT2D eigenvalue weighted by Gasteiger charge is -1.95. The molecule has 0 N–H and O–H groups in total. The fourth-order valence-corrected chi connectivity index (χ4v) is 0.484. The first-order valence-electron chi connectivity index (χ1n) is 2.51. The van der Waals surface area contributed by atoms with E-state index < -0.39 is 0 Å². The van der Waals surface area contributed by atoms with Gasteiger partial charge in [0.2, 0.25) is 5.88 Å². The Bertz CT molecular complexity index is 200. The Balaban J connectivity index is 2.94. The van der Waals surface area contributed by atoms with Crippen molar-refractivity contribution in [2.75, 3.05) is 7.11 Å². The fraction of sp³-hybridized carbons (Fsp3) is 0.167. The lowest BCUT2D eigenvalue weighted by Crippen LogP contribution is -1.89. The quantitative estimate of drug-likeness (QED) is 0.550. The summed E-state index contributed by atoms with van der Waals surface area (Å²) in [5.74, 6) is 0.502. The Morgan fingerprint density at radius 2 is 2.44 bits per heavy atom. The second kappa shape index (κ2) is 2.44. The highest BCUT2D eigenvalue weighted by Gasteiger charge is 1.90. The molecule has 0 aliphatic carbocycles. The van der Waals surface area contributed by atoms with Crippen LogP contribution in [-0.4, -0.2) is 17.3 Å². The molecule has 47 valence electrons. The predicted molar refractivity (Wildman–Crippen MR) is 33.0 cm³/mol. The molecule has 0 fully saturated rings. The zero-order valence-corrected chi connectivity index (χ0v) is 5.16. The van der Waals surface area contributed by atoms with Gasteiger partial charge >= 0.3 is 0 Å². The molecule has 9 heavy (non-hydrogen) atoms. The highest BCUT2D eigenvalue weighted by atomic mass is 16.5. The summed E-state index contributed by atoms with van der Waals surface area (Å²) in [5, 5.41) is 7.26. The van der Waals surface area contributed by atoms with Crippen molar-refractivity contribution >= 4 is 0 Å². The first-order chi connectivity index (χ1) is 4.33. The number of rotatable bonds is 1. The summed E-state index contributed by atoms with van der Waals surface area (Å²) in [4.78, 5) is 0. The van der Waals surface area contributed by atoms with E-state index in [1.807, 2.05) is 0 Å². The van der Waals surface area contributed by atoms with E-state index in [1.54, 1.807) is 19.4 Å². The standard InChI is InChI=1S/C6H7N2O/c1-5-3-6(9-2)8-7-4-5/h3-4H,1H2,2H3. The molecular weight excluding hydrogens is 116 g/mol. The van der Waals surface area contributed by atoms with Crippen LogP contribution in [0.3, 0.4) is 0 Å². The van der Waals surface area contributed by atoms with Crippen LogP contribution in [0.5, 0.6) is 5.88 Å². The molecular formula is C6H7N2O. The molecule has 0 spiro atoms. The molecule has 0 saturated heterocycles. The van der Waals surface area contributed by atoms with Crippen LogP contribution >= 0.6 is 0 Å². The van der Waals surface area contributed by atoms with E-state index in [0.29, 0.717) is 5.88 Å². The Morgan fingerprint density at radius 3 is 2.89 bits per heavy atom. The van der Waals surface area contributed by atoms with Crippen molar-refractivity contribution in [3.63, 3.8) is 0 Å². The molecule has 3 nitrogen and oxygen atoms in total. The monoisotopic (exact) mass is 123 g/mol. The molecule has 1 rings (SSSR count). The first kappa shape index (κ1) is 6.01. The molecule has 1 heterocycles. The van der Waals surface area contributed by atoms with Crippen molar-refractivity contribution in [1.29, 1.82) is 0 Å². The molecule has 0 bridgehead atoms. The summed E-state index contributed by atoms with van der Waals surface area (Å²) in [6.45, 7) is 3.65. The number of hydrogen-bond donors (Lipinski definition) is 0. The largest absolute Gasteiger partial charge is 0.480 e. The van der Waals surface area contributed by atoms with Gasteiger partial charge in [-0.05, 0) is 12.5 Å². The molecule has 0 aliphatic rings. The van der Waals surface area contributed by atoms with Crippen LogP contribution in [0.2, 0.25) is 0 Å². The average molecular weight is 123 g/mol. The Morgan fingerprint density at radius 1 is 1.67 bits per heavy atom. The summed E-state index contributed by atoms with van der Waals surface area (Å²) < 4.78 is 4.78. The number of aromatic nitrogens is 2. The van der Waals surface area contributed by atoms with E-state index in [2.05, 4.69) is 17.1 Å². The summed E-state index contributed by atoms with van der Waals surface area (Å²) >= 11 is 0. The van der Waals surface area contributed by atoms with Gasteiger partial charge in [0.05, 0.1) is 13.3 Å². The van der Waals surface area contributed by atoms with Gasteiger partial charge in [-0.1, -0.05) is 0 Å². The summed E-state index contributed by atoms with van der Waals surface area (Å²) in [5.41, 5.74) is 0.807. The van der Waals surface area contributed by atoms with Gasteiger partial charge in [0.1, 0.15) is 0 Å². The third kappa shape index (κ3) is 1.38. The van der Waals surface area contributed by atoms with Gasteiger partial charge in [0, 0.05) is 6.07 Å². The maximum Gasteiger partial charge on any atom is 0.233 e. The van der Waals surface area contributed by atoms with E-state index in [4.69, 9.17) is 4.74 Å². The number of nitrogens with zero attached hydrogens (tertiary/aromatic N) is 2. The maximum atomic E-state index is 4.78. The van der Waals surface area contributed by atoms with E-state index in [9.17, 15) is 0 Å². The molecule has 3 heteroatoms. The van der Waals surface area contributed by atoms with Gasteiger partial charge in [-0.25, -0.2) is 0 Å². The average Bonchev–Trinajstić information content (AvgIpc) is 1.88. The van der Waals surface area contributed by atoms with Crippen LogP contribution in [0, 0.1) is 6.92 Å². The molecule has 0 unspecified atom stereocenters. The van der Waals surface area contributed by atoms with Gasteiger partial charge in [0.15, 0.2) is 0 Å². The topological polar surface area (TPSA) is 35.0 Å². The van der Waals surface area contributed by atoms with Gasteiger partial charge in [-0.2, -0.15) is 5.10 Å². The van der Waals surface area contributed by atoms with E-state index >= 15 is 0 Å². The molecule has 0 atom stereocenters. The van der Waals surface area contributed by atoms with Crippen molar-refractivity contribution in [3.8, 4) is 5.88 Å². The summed E-state index contributed by atoms with van der Waals surface area (Å²) in [6, 6.07) is 1.72. The SMILES string of the molecule is [CH2]c1cnnc(OC)c1. The molecule has 0 aromatic carbocycles. The van der Waals surface area contributed by atoms with Crippen molar-refractivity contribution < 1.29 is 4.74 Å². The van der Waals surface area contributed by atoms with Gasteiger partial charge in [-0.3, -0.25) is 0 Å². The summed E-state index contributed by atoms with van der Waals surface area (Å²) in [6.07, 6.45) is 1.57. The minimum absolute atomic E-state index is 0.502. The smallest absolute Gasteiger partial charge is 0.233 e. The normalized spacial score (nSPS) is 9.11. The van der Waals surface area contributed by atoms with Crippen LogP contribution in [-0.2, 0) is 0 Å². The number of hydrogen-bond acceptors (Lipinski definition) is 3. The minimum atomic E-state index is 0.502. The molecule has 1 aromatic rings. The van der Waals surface area contributed by atoms with Crippen LogP contribution < -0.4 is 4.74 Å².